The Bertz CT molecular complexity index is 1360. The number of phenolic OH excluding ortho intramolecular Hbond substituents is 1. The Morgan fingerprint density at radius 2 is 1.72 bits per heavy atom. The SMILES string of the molecule is COC(=O)C(Cc1ccc(O)cc1)NC(=O)c1cc2c(n(-c3ccc(OC)cc3)c1=O)CCCC2=O. The van der Waals surface area contributed by atoms with Gasteiger partial charge in [-0.25, -0.2) is 4.79 Å². The molecular formula is C27H26N2O7. The first-order chi connectivity index (χ1) is 17.3. The number of aromatic nitrogens is 1. The van der Waals surface area contributed by atoms with E-state index in [0.29, 0.717) is 47.5 Å². The molecule has 1 amide bonds. The van der Waals surface area contributed by atoms with Crippen LogP contribution in [0.2, 0.25) is 0 Å². The number of amides is 1. The number of nitrogens with zero attached hydrogens (tertiary/aromatic N) is 1. The Balaban J connectivity index is 1.74. The quantitative estimate of drug-likeness (QED) is 0.488. The van der Waals surface area contributed by atoms with Crippen LogP contribution in [-0.4, -0.2) is 47.6 Å². The molecule has 3 aromatic rings. The van der Waals surface area contributed by atoms with E-state index in [9.17, 15) is 24.3 Å². The van der Waals surface area contributed by atoms with E-state index in [2.05, 4.69) is 5.32 Å². The van der Waals surface area contributed by atoms with Crippen LogP contribution in [0, 0.1) is 0 Å². The van der Waals surface area contributed by atoms with Crippen molar-refractivity contribution in [1.29, 1.82) is 0 Å². The molecule has 1 aromatic heterocycles. The number of benzene rings is 2. The zero-order chi connectivity index (χ0) is 25.8. The lowest BCUT2D eigenvalue weighted by molar-refractivity contribution is -0.142. The van der Waals surface area contributed by atoms with E-state index in [1.165, 1.54) is 37.0 Å². The summed E-state index contributed by atoms with van der Waals surface area (Å²) in [6, 6.07) is 13.1. The molecule has 2 aromatic carbocycles. The van der Waals surface area contributed by atoms with Gasteiger partial charge in [0, 0.05) is 29.8 Å². The van der Waals surface area contributed by atoms with Crippen LogP contribution >= 0.6 is 0 Å². The van der Waals surface area contributed by atoms with Crippen molar-refractivity contribution in [3.63, 3.8) is 0 Å². The van der Waals surface area contributed by atoms with Gasteiger partial charge in [-0.05, 0) is 60.9 Å². The minimum Gasteiger partial charge on any atom is -0.508 e. The van der Waals surface area contributed by atoms with E-state index in [0.717, 1.165) is 0 Å². The highest BCUT2D eigenvalue weighted by molar-refractivity contribution is 6.02. The molecule has 4 rings (SSSR count). The van der Waals surface area contributed by atoms with Gasteiger partial charge in [-0.2, -0.15) is 0 Å². The number of aromatic hydroxyl groups is 1. The number of ketones is 1. The molecule has 0 fully saturated rings. The van der Waals surface area contributed by atoms with Crippen molar-refractivity contribution in [1.82, 2.24) is 9.88 Å². The fourth-order valence-corrected chi connectivity index (χ4v) is 4.30. The van der Waals surface area contributed by atoms with Gasteiger partial charge in [-0.15, -0.1) is 0 Å². The summed E-state index contributed by atoms with van der Waals surface area (Å²) < 4.78 is 11.4. The molecule has 9 nitrogen and oxygen atoms in total. The highest BCUT2D eigenvalue weighted by atomic mass is 16.5. The average Bonchev–Trinajstić information content (AvgIpc) is 2.89. The number of hydrogen-bond acceptors (Lipinski definition) is 7. The molecule has 9 heteroatoms. The van der Waals surface area contributed by atoms with Crippen LogP contribution in [0.25, 0.3) is 5.69 Å². The van der Waals surface area contributed by atoms with Gasteiger partial charge in [-0.1, -0.05) is 12.1 Å². The molecule has 1 unspecified atom stereocenters. The van der Waals surface area contributed by atoms with E-state index in [1.807, 2.05) is 0 Å². The molecule has 1 heterocycles. The number of methoxy groups -OCH3 is 2. The smallest absolute Gasteiger partial charge is 0.328 e. The lowest BCUT2D eigenvalue weighted by Gasteiger charge is -2.22. The summed E-state index contributed by atoms with van der Waals surface area (Å²) in [4.78, 5) is 52.1. The maximum Gasteiger partial charge on any atom is 0.328 e. The van der Waals surface area contributed by atoms with Crippen molar-refractivity contribution < 1.29 is 29.0 Å². The Morgan fingerprint density at radius 1 is 1.03 bits per heavy atom. The van der Waals surface area contributed by atoms with Crippen molar-refractivity contribution in [2.75, 3.05) is 14.2 Å². The maximum absolute atomic E-state index is 13.6. The Morgan fingerprint density at radius 3 is 2.36 bits per heavy atom. The molecule has 0 radical (unpaired) electrons. The summed E-state index contributed by atoms with van der Waals surface area (Å²) in [5.41, 5.74) is 1.18. The topological polar surface area (TPSA) is 124 Å². The second kappa shape index (κ2) is 10.5. The number of carbonyl (C=O) groups excluding carboxylic acids is 3. The van der Waals surface area contributed by atoms with Crippen LogP contribution in [-0.2, 0) is 22.4 Å². The number of fused-ring (bicyclic) bond motifs is 1. The molecule has 1 aliphatic rings. The van der Waals surface area contributed by atoms with Crippen LogP contribution < -0.4 is 15.6 Å². The third kappa shape index (κ3) is 5.00. The van der Waals surface area contributed by atoms with E-state index < -0.39 is 23.5 Å². The van der Waals surface area contributed by atoms with Crippen LogP contribution in [0.15, 0.2) is 59.4 Å². The molecule has 1 aliphatic carbocycles. The van der Waals surface area contributed by atoms with Crippen molar-refractivity contribution in [3.8, 4) is 17.2 Å². The highest BCUT2D eigenvalue weighted by Gasteiger charge is 2.29. The number of phenols is 1. The van der Waals surface area contributed by atoms with Gasteiger partial charge in [0.25, 0.3) is 11.5 Å². The summed E-state index contributed by atoms with van der Waals surface area (Å²) >= 11 is 0. The van der Waals surface area contributed by atoms with Crippen molar-refractivity contribution in [2.45, 2.75) is 31.7 Å². The average molecular weight is 491 g/mol. The highest BCUT2D eigenvalue weighted by Crippen LogP contribution is 2.24. The monoisotopic (exact) mass is 490 g/mol. The van der Waals surface area contributed by atoms with Gasteiger partial charge in [-0.3, -0.25) is 19.0 Å². The number of ether oxygens (including phenoxy) is 2. The van der Waals surface area contributed by atoms with E-state index in [4.69, 9.17) is 9.47 Å². The molecule has 0 aliphatic heterocycles. The minimum atomic E-state index is -1.09. The molecule has 0 saturated heterocycles. The number of hydrogen-bond donors (Lipinski definition) is 2. The molecule has 0 spiro atoms. The normalized spacial score (nSPS) is 13.4. The molecule has 0 bridgehead atoms. The first kappa shape index (κ1) is 24.7. The van der Waals surface area contributed by atoms with Crippen molar-refractivity contribution in [2.24, 2.45) is 0 Å². The first-order valence-electron chi connectivity index (χ1n) is 11.5. The Hall–Kier alpha value is -4.40. The third-order valence-electron chi connectivity index (χ3n) is 6.16. The molecular weight excluding hydrogens is 464 g/mol. The first-order valence-corrected chi connectivity index (χ1v) is 11.5. The van der Waals surface area contributed by atoms with Gasteiger partial charge < -0.3 is 19.9 Å². The minimum absolute atomic E-state index is 0.0650. The predicted octanol–water partition coefficient (Wildman–Crippen LogP) is 2.58. The lowest BCUT2D eigenvalue weighted by atomic mass is 9.92. The van der Waals surface area contributed by atoms with Gasteiger partial charge >= 0.3 is 5.97 Å². The number of esters is 1. The number of pyridine rings is 1. The molecule has 186 valence electrons. The third-order valence-corrected chi connectivity index (χ3v) is 6.16. The zero-order valence-corrected chi connectivity index (χ0v) is 19.9. The van der Waals surface area contributed by atoms with Crippen LogP contribution in [0.5, 0.6) is 11.5 Å². The van der Waals surface area contributed by atoms with Crippen LogP contribution in [0.1, 0.15) is 44.8 Å². The fourth-order valence-electron chi connectivity index (χ4n) is 4.30. The maximum atomic E-state index is 13.6. The van der Waals surface area contributed by atoms with Crippen LogP contribution in [0.3, 0.4) is 0 Å². The summed E-state index contributed by atoms with van der Waals surface area (Å²) in [6.07, 6.45) is 1.51. The summed E-state index contributed by atoms with van der Waals surface area (Å²) in [6.45, 7) is 0. The predicted molar refractivity (Wildman–Crippen MR) is 131 cm³/mol. The zero-order valence-electron chi connectivity index (χ0n) is 19.9. The molecule has 2 N–H and O–H groups in total. The number of Topliss-reactive ketones (excluding diaryl/α,β-unsaturated/α-hetero) is 1. The number of nitrogens with one attached hydrogen (secondary N) is 1. The van der Waals surface area contributed by atoms with E-state index in [-0.39, 0.29) is 23.5 Å². The Labute approximate surface area is 207 Å². The van der Waals surface area contributed by atoms with E-state index >= 15 is 0 Å². The number of rotatable bonds is 7. The van der Waals surface area contributed by atoms with Gasteiger partial charge in [0.15, 0.2) is 5.78 Å². The second-order valence-electron chi connectivity index (χ2n) is 8.45. The molecule has 1 atom stereocenters. The van der Waals surface area contributed by atoms with Crippen molar-refractivity contribution >= 4 is 17.7 Å². The van der Waals surface area contributed by atoms with Crippen LogP contribution in [0.4, 0.5) is 0 Å². The van der Waals surface area contributed by atoms with Gasteiger partial charge in [0.2, 0.25) is 0 Å². The lowest BCUT2D eigenvalue weighted by Crippen LogP contribution is -2.45. The van der Waals surface area contributed by atoms with Crippen molar-refractivity contribution in [3.05, 3.63) is 87.3 Å². The summed E-state index contributed by atoms with van der Waals surface area (Å²) in [5, 5.41) is 12.1. The summed E-state index contributed by atoms with van der Waals surface area (Å²) in [7, 11) is 2.73. The molecule has 0 saturated carbocycles. The summed E-state index contributed by atoms with van der Waals surface area (Å²) in [5.74, 6) is -0.976. The fraction of sp³-hybridized carbons (Fsp3) is 0.259. The van der Waals surface area contributed by atoms with E-state index in [1.54, 1.807) is 36.4 Å². The largest absolute Gasteiger partial charge is 0.508 e. The van der Waals surface area contributed by atoms with Gasteiger partial charge in [0.1, 0.15) is 23.1 Å². The standard InChI is InChI=1S/C27H26N2O7/c1-35-19-12-8-17(9-13-19)29-23-4-3-5-24(31)20(23)15-21(26(29)33)25(32)28-22(27(34)36-2)14-16-6-10-18(30)11-7-16/h6-13,15,22,30H,3-5,14H2,1-2H3,(H,28,32). The number of carbonyl (C=O) groups is 3. The van der Waals surface area contributed by atoms with Gasteiger partial charge in [0.05, 0.1) is 14.2 Å². The molecule has 36 heavy (non-hydrogen) atoms. The second-order valence-corrected chi connectivity index (χ2v) is 8.45. The Kier molecular flexibility index (Phi) is 7.19.